The molecular formula is C15H14ClFN2O2. The van der Waals surface area contributed by atoms with Gasteiger partial charge in [0.25, 0.3) is 0 Å². The molecule has 3 rings (SSSR count). The number of carbonyl (C=O) groups is 1. The molecule has 4 nitrogen and oxygen atoms in total. The number of aromatic nitrogens is 1. The lowest BCUT2D eigenvalue weighted by molar-refractivity contribution is 0.0695. The van der Waals surface area contributed by atoms with E-state index in [9.17, 15) is 14.3 Å². The number of halogens is 2. The summed E-state index contributed by atoms with van der Waals surface area (Å²) in [7, 11) is 0. The highest BCUT2D eigenvalue weighted by Gasteiger charge is 2.25. The number of fused-ring (bicyclic) bond motifs is 2. The Kier molecular flexibility index (Phi) is 3.55. The van der Waals surface area contributed by atoms with Gasteiger partial charge >= 0.3 is 5.97 Å². The molecule has 0 atom stereocenters. The van der Waals surface area contributed by atoms with E-state index >= 15 is 0 Å². The molecule has 2 aromatic rings. The number of benzene rings is 1. The SMILES string of the molecule is CCN1CCc2nc3cc(F)c(Cl)cc3c(C(=O)O)c2C1. The molecule has 1 aliphatic rings. The van der Waals surface area contributed by atoms with E-state index in [1.807, 2.05) is 6.92 Å². The summed E-state index contributed by atoms with van der Waals surface area (Å²) in [5.41, 5.74) is 1.99. The van der Waals surface area contributed by atoms with E-state index in [2.05, 4.69) is 9.88 Å². The molecule has 0 radical (unpaired) electrons. The van der Waals surface area contributed by atoms with E-state index in [1.54, 1.807) is 0 Å². The molecule has 110 valence electrons. The first-order valence-electron chi connectivity index (χ1n) is 6.77. The van der Waals surface area contributed by atoms with Crippen LogP contribution >= 0.6 is 11.6 Å². The number of rotatable bonds is 2. The van der Waals surface area contributed by atoms with Crippen molar-refractivity contribution in [1.82, 2.24) is 9.88 Å². The van der Waals surface area contributed by atoms with E-state index in [4.69, 9.17) is 11.6 Å². The minimum absolute atomic E-state index is 0.0880. The summed E-state index contributed by atoms with van der Waals surface area (Å²) in [6.45, 7) is 4.26. The van der Waals surface area contributed by atoms with E-state index in [1.165, 1.54) is 12.1 Å². The van der Waals surface area contributed by atoms with Crippen molar-refractivity contribution in [1.29, 1.82) is 0 Å². The summed E-state index contributed by atoms with van der Waals surface area (Å²) in [4.78, 5) is 18.3. The van der Waals surface area contributed by atoms with Gasteiger partial charge in [-0.25, -0.2) is 9.18 Å². The molecule has 1 aromatic heterocycles. The van der Waals surface area contributed by atoms with Crippen molar-refractivity contribution in [2.45, 2.75) is 19.9 Å². The molecule has 6 heteroatoms. The van der Waals surface area contributed by atoms with Crippen LogP contribution < -0.4 is 0 Å². The third-order valence-corrected chi connectivity index (χ3v) is 4.21. The van der Waals surface area contributed by atoms with Crippen molar-refractivity contribution in [3.63, 3.8) is 0 Å². The number of carboxylic acid groups (broad SMARTS) is 1. The average molecular weight is 309 g/mol. The van der Waals surface area contributed by atoms with Gasteiger partial charge in [-0.1, -0.05) is 18.5 Å². The second-order valence-electron chi connectivity index (χ2n) is 5.12. The van der Waals surface area contributed by atoms with Crippen LogP contribution in [0.4, 0.5) is 4.39 Å². The van der Waals surface area contributed by atoms with Crippen LogP contribution in [-0.2, 0) is 13.0 Å². The summed E-state index contributed by atoms with van der Waals surface area (Å²) in [6, 6.07) is 2.56. The molecule has 0 fully saturated rings. The number of hydrogen-bond donors (Lipinski definition) is 1. The summed E-state index contributed by atoms with van der Waals surface area (Å²) in [5.74, 6) is -1.61. The Labute approximate surface area is 126 Å². The van der Waals surface area contributed by atoms with Crippen LogP contribution in [-0.4, -0.2) is 34.0 Å². The topological polar surface area (TPSA) is 53.4 Å². The Morgan fingerprint density at radius 3 is 2.95 bits per heavy atom. The van der Waals surface area contributed by atoms with Crippen LogP contribution in [0.3, 0.4) is 0 Å². The second-order valence-corrected chi connectivity index (χ2v) is 5.53. The molecular weight excluding hydrogens is 295 g/mol. The molecule has 0 spiro atoms. The standard InChI is InChI=1S/C15H14ClFN2O2/c1-2-19-4-3-12-9(7-19)14(15(20)21)8-5-10(16)11(17)6-13(8)18-12/h5-6H,2-4,7H2,1H3,(H,20,21). The predicted molar refractivity (Wildman–Crippen MR) is 78.3 cm³/mol. The lowest BCUT2D eigenvalue weighted by atomic mass is 9.96. The Bertz CT molecular complexity index is 748. The fourth-order valence-corrected chi connectivity index (χ4v) is 2.97. The van der Waals surface area contributed by atoms with Crippen molar-refractivity contribution in [3.05, 3.63) is 39.8 Å². The van der Waals surface area contributed by atoms with Gasteiger partial charge in [-0.05, 0) is 12.6 Å². The van der Waals surface area contributed by atoms with Gasteiger partial charge in [-0.2, -0.15) is 0 Å². The molecule has 0 aliphatic carbocycles. The fraction of sp³-hybridized carbons (Fsp3) is 0.333. The predicted octanol–water partition coefficient (Wildman–Crippen LogP) is 3.10. The molecule has 1 aromatic carbocycles. The van der Waals surface area contributed by atoms with Crippen LogP contribution in [0.25, 0.3) is 10.9 Å². The molecule has 0 unspecified atom stereocenters. The van der Waals surface area contributed by atoms with Crippen molar-refractivity contribution < 1.29 is 14.3 Å². The Morgan fingerprint density at radius 2 is 2.29 bits per heavy atom. The molecule has 1 aliphatic heterocycles. The second kappa shape index (κ2) is 5.24. The van der Waals surface area contributed by atoms with Crippen LogP contribution in [0.5, 0.6) is 0 Å². The van der Waals surface area contributed by atoms with Gasteiger partial charge in [0.15, 0.2) is 0 Å². The van der Waals surface area contributed by atoms with Crippen LogP contribution in [0.2, 0.25) is 5.02 Å². The number of pyridine rings is 1. The first-order chi connectivity index (χ1) is 10.0. The highest BCUT2D eigenvalue weighted by Crippen LogP contribution is 2.31. The van der Waals surface area contributed by atoms with Crippen molar-refractivity contribution in [2.24, 2.45) is 0 Å². The smallest absolute Gasteiger partial charge is 0.336 e. The number of nitrogens with zero attached hydrogens (tertiary/aromatic N) is 2. The van der Waals surface area contributed by atoms with Crippen molar-refractivity contribution in [2.75, 3.05) is 13.1 Å². The zero-order valence-corrected chi connectivity index (χ0v) is 12.2. The van der Waals surface area contributed by atoms with E-state index < -0.39 is 11.8 Å². The van der Waals surface area contributed by atoms with E-state index in [0.717, 1.165) is 18.8 Å². The first-order valence-corrected chi connectivity index (χ1v) is 7.15. The van der Waals surface area contributed by atoms with Gasteiger partial charge in [-0.15, -0.1) is 0 Å². The fourth-order valence-electron chi connectivity index (χ4n) is 2.81. The van der Waals surface area contributed by atoms with Gasteiger partial charge in [0.2, 0.25) is 0 Å². The van der Waals surface area contributed by atoms with Gasteiger partial charge < -0.3 is 5.11 Å². The summed E-state index contributed by atoms with van der Waals surface area (Å²) < 4.78 is 13.6. The van der Waals surface area contributed by atoms with Gasteiger partial charge in [0, 0.05) is 42.2 Å². The maximum absolute atomic E-state index is 13.6. The van der Waals surface area contributed by atoms with Gasteiger partial charge in [0.1, 0.15) is 5.82 Å². The van der Waals surface area contributed by atoms with Crippen LogP contribution in [0.15, 0.2) is 12.1 Å². The number of hydrogen-bond acceptors (Lipinski definition) is 3. The molecule has 0 amide bonds. The van der Waals surface area contributed by atoms with Crippen LogP contribution in [0.1, 0.15) is 28.5 Å². The highest BCUT2D eigenvalue weighted by molar-refractivity contribution is 6.31. The Balaban J connectivity index is 2.32. The molecule has 0 saturated heterocycles. The zero-order valence-electron chi connectivity index (χ0n) is 11.5. The largest absolute Gasteiger partial charge is 0.478 e. The lowest BCUT2D eigenvalue weighted by Crippen LogP contribution is -2.32. The third kappa shape index (κ3) is 2.36. The molecule has 1 N–H and O–H groups in total. The molecule has 2 heterocycles. The van der Waals surface area contributed by atoms with E-state index in [0.29, 0.717) is 29.4 Å². The maximum Gasteiger partial charge on any atom is 0.336 e. The molecule has 0 bridgehead atoms. The van der Waals surface area contributed by atoms with E-state index in [-0.39, 0.29) is 10.6 Å². The lowest BCUT2D eigenvalue weighted by Gasteiger charge is -2.28. The number of aromatic carboxylic acids is 1. The molecule has 0 saturated carbocycles. The summed E-state index contributed by atoms with van der Waals surface area (Å²) in [6.07, 6.45) is 0.670. The minimum atomic E-state index is -1.03. The number of carboxylic acids is 1. The minimum Gasteiger partial charge on any atom is -0.478 e. The zero-order chi connectivity index (χ0) is 15.1. The van der Waals surface area contributed by atoms with Gasteiger partial charge in [-0.3, -0.25) is 9.88 Å². The van der Waals surface area contributed by atoms with Crippen LogP contribution in [0, 0.1) is 5.82 Å². The van der Waals surface area contributed by atoms with Crippen molar-refractivity contribution in [3.8, 4) is 0 Å². The Morgan fingerprint density at radius 1 is 1.52 bits per heavy atom. The average Bonchev–Trinajstić information content (AvgIpc) is 2.45. The van der Waals surface area contributed by atoms with Gasteiger partial charge in [0.05, 0.1) is 16.1 Å². The monoisotopic (exact) mass is 308 g/mol. The quantitative estimate of drug-likeness (QED) is 0.926. The Hall–Kier alpha value is -1.72. The normalized spacial score (nSPS) is 15.2. The maximum atomic E-state index is 13.6. The molecule has 21 heavy (non-hydrogen) atoms. The van der Waals surface area contributed by atoms with Crippen molar-refractivity contribution >= 4 is 28.5 Å². The highest BCUT2D eigenvalue weighted by atomic mass is 35.5. The third-order valence-electron chi connectivity index (χ3n) is 3.92. The first kappa shape index (κ1) is 14.2. The summed E-state index contributed by atoms with van der Waals surface area (Å²) in [5, 5.41) is 9.88. The number of likely N-dealkylation sites (N-methyl/N-ethyl adjacent to an activating group) is 1. The summed E-state index contributed by atoms with van der Waals surface area (Å²) >= 11 is 5.80.